The van der Waals surface area contributed by atoms with E-state index in [1.54, 1.807) is 28.1 Å². The van der Waals surface area contributed by atoms with Crippen LogP contribution in [0.25, 0.3) is 0 Å². The number of urea groups is 1. The minimum absolute atomic E-state index is 0.149. The lowest BCUT2D eigenvalue weighted by molar-refractivity contribution is -0.136. The molecule has 4 rings (SSSR count). The molecule has 0 bridgehead atoms. The van der Waals surface area contributed by atoms with Crippen LogP contribution in [0.5, 0.6) is 0 Å². The number of imide groups is 1. The normalized spacial score (nSPS) is 18.7. The molecule has 4 heterocycles. The zero-order valence-electron chi connectivity index (χ0n) is 17.2. The van der Waals surface area contributed by atoms with Crippen molar-refractivity contribution >= 4 is 17.8 Å². The van der Waals surface area contributed by atoms with Crippen molar-refractivity contribution in [2.24, 2.45) is 5.92 Å². The SMILES string of the molecule is CC(C)CN1C(=O)N(Cc2ccccn2)C(=O)C12CCN(C(=O)c1ccon1)CC2. The van der Waals surface area contributed by atoms with Crippen LogP contribution in [0.2, 0.25) is 0 Å². The van der Waals surface area contributed by atoms with Gasteiger partial charge < -0.3 is 14.3 Å². The van der Waals surface area contributed by atoms with Crippen LogP contribution in [0.3, 0.4) is 0 Å². The van der Waals surface area contributed by atoms with Gasteiger partial charge in [-0.2, -0.15) is 0 Å². The number of carbonyl (C=O) groups is 3. The lowest BCUT2D eigenvalue weighted by atomic mass is 9.85. The average Bonchev–Trinajstić information content (AvgIpc) is 3.34. The van der Waals surface area contributed by atoms with Gasteiger partial charge in [-0.15, -0.1) is 0 Å². The van der Waals surface area contributed by atoms with Gasteiger partial charge in [-0.1, -0.05) is 25.1 Å². The zero-order valence-corrected chi connectivity index (χ0v) is 17.2. The largest absolute Gasteiger partial charge is 0.364 e. The van der Waals surface area contributed by atoms with E-state index >= 15 is 0 Å². The summed E-state index contributed by atoms with van der Waals surface area (Å²) in [7, 11) is 0. The van der Waals surface area contributed by atoms with Crippen molar-refractivity contribution < 1.29 is 18.9 Å². The number of nitrogens with zero attached hydrogens (tertiary/aromatic N) is 5. The molecule has 0 aromatic carbocycles. The first kappa shape index (κ1) is 20.1. The molecule has 2 aromatic heterocycles. The van der Waals surface area contributed by atoms with E-state index in [0.717, 1.165) is 0 Å². The van der Waals surface area contributed by atoms with Crippen LogP contribution < -0.4 is 0 Å². The first-order valence-electron chi connectivity index (χ1n) is 10.2. The predicted octanol–water partition coefficient (Wildman–Crippen LogP) is 2.16. The van der Waals surface area contributed by atoms with Gasteiger partial charge >= 0.3 is 6.03 Å². The molecule has 0 atom stereocenters. The topological polar surface area (TPSA) is 99.9 Å². The van der Waals surface area contributed by atoms with Gasteiger partial charge in [0.05, 0.1) is 12.2 Å². The highest BCUT2D eigenvalue weighted by Crippen LogP contribution is 2.38. The lowest BCUT2D eigenvalue weighted by Gasteiger charge is -2.42. The maximum atomic E-state index is 13.5. The molecule has 2 saturated heterocycles. The minimum atomic E-state index is -0.920. The predicted molar refractivity (Wildman–Crippen MR) is 106 cm³/mol. The Hall–Kier alpha value is -3.23. The van der Waals surface area contributed by atoms with Crippen molar-refractivity contribution in [3.05, 3.63) is 48.1 Å². The molecular formula is C21H25N5O4. The Morgan fingerprint density at radius 3 is 2.57 bits per heavy atom. The molecule has 2 aliphatic heterocycles. The number of amides is 4. The first-order chi connectivity index (χ1) is 14.4. The molecule has 0 saturated carbocycles. The van der Waals surface area contributed by atoms with E-state index in [9.17, 15) is 14.4 Å². The van der Waals surface area contributed by atoms with Crippen molar-refractivity contribution in [3.63, 3.8) is 0 Å². The van der Waals surface area contributed by atoms with Crippen molar-refractivity contribution in [3.8, 4) is 0 Å². The Morgan fingerprint density at radius 2 is 1.97 bits per heavy atom. The number of carbonyl (C=O) groups excluding carboxylic acids is 3. The third-order valence-corrected chi connectivity index (χ3v) is 5.75. The molecule has 0 N–H and O–H groups in total. The highest BCUT2D eigenvalue weighted by atomic mass is 16.5. The van der Waals surface area contributed by atoms with E-state index in [1.165, 1.54) is 17.2 Å². The summed E-state index contributed by atoms with van der Waals surface area (Å²) in [5.74, 6) is -0.216. The fourth-order valence-corrected chi connectivity index (χ4v) is 4.24. The Kier molecular flexibility index (Phi) is 5.27. The van der Waals surface area contributed by atoms with Gasteiger partial charge in [0.1, 0.15) is 11.8 Å². The molecule has 0 aliphatic carbocycles. The van der Waals surface area contributed by atoms with Crippen LogP contribution in [-0.4, -0.2) is 67.9 Å². The molecule has 30 heavy (non-hydrogen) atoms. The molecule has 0 radical (unpaired) electrons. The van der Waals surface area contributed by atoms with E-state index in [0.29, 0.717) is 38.2 Å². The summed E-state index contributed by atoms with van der Waals surface area (Å²) in [6.07, 6.45) is 3.80. The molecule has 1 spiro atoms. The van der Waals surface area contributed by atoms with Gasteiger partial charge in [-0.3, -0.25) is 19.5 Å². The highest BCUT2D eigenvalue weighted by Gasteiger charge is 2.58. The lowest BCUT2D eigenvalue weighted by Crippen LogP contribution is -2.58. The van der Waals surface area contributed by atoms with E-state index in [-0.39, 0.29) is 36.0 Å². The van der Waals surface area contributed by atoms with E-state index in [1.807, 2.05) is 19.9 Å². The standard InChI is InChI=1S/C21H25N5O4/c1-15(2)13-26-20(29)25(14-16-5-3-4-9-22-16)19(28)21(26)7-10-24(11-8-21)18(27)17-6-12-30-23-17/h3-6,9,12,15H,7-8,10-11,13-14H2,1-2H3. The molecule has 2 aromatic rings. The summed E-state index contributed by atoms with van der Waals surface area (Å²) < 4.78 is 4.77. The molecule has 9 heteroatoms. The summed E-state index contributed by atoms with van der Waals surface area (Å²) in [5.41, 5.74) is -0.00788. The number of rotatable bonds is 5. The number of hydrogen-bond donors (Lipinski definition) is 0. The number of pyridine rings is 1. The fourth-order valence-electron chi connectivity index (χ4n) is 4.24. The van der Waals surface area contributed by atoms with Gasteiger partial charge in [0.25, 0.3) is 11.8 Å². The summed E-state index contributed by atoms with van der Waals surface area (Å²) in [4.78, 5) is 48.3. The second-order valence-corrected chi connectivity index (χ2v) is 8.21. The first-order valence-corrected chi connectivity index (χ1v) is 10.2. The van der Waals surface area contributed by atoms with Gasteiger partial charge in [-0.05, 0) is 30.9 Å². The molecule has 9 nitrogen and oxygen atoms in total. The van der Waals surface area contributed by atoms with Crippen molar-refractivity contribution in [2.75, 3.05) is 19.6 Å². The van der Waals surface area contributed by atoms with Crippen LogP contribution in [0, 0.1) is 5.92 Å². The quantitative estimate of drug-likeness (QED) is 0.699. The number of likely N-dealkylation sites (tertiary alicyclic amines) is 1. The molecule has 0 unspecified atom stereocenters. The van der Waals surface area contributed by atoms with Crippen LogP contribution in [0.15, 0.2) is 41.2 Å². The van der Waals surface area contributed by atoms with Crippen molar-refractivity contribution in [1.82, 2.24) is 24.8 Å². The van der Waals surface area contributed by atoms with Gasteiger partial charge in [0, 0.05) is 31.9 Å². The third kappa shape index (κ3) is 3.44. The minimum Gasteiger partial charge on any atom is -0.364 e. The molecule has 2 aliphatic rings. The highest BCUT2D eigenvalue weighted by molar-refractivity contribution is 6.07. The van der Waals surface area contributed by atoms with Crippen molar-refractivity contribution in [2.45, 2.75) is 38.8 Å². The van der Waals surface area contributed by atoms with E-state index in [4.69, 9.17) is 4.52 Å². The molecule has 158 valence electrons. The Balaban J connectivity index is 1.56. The van der Waals surface area contributed by atoms with E-state index in [2.05, 4.69) is 10.1 Å². The number of aromatic nitrogens is 2. The number of piperidine rings is 1. The summed E-state index contributed by atoms with van der Waals surface area (Å²) >= 11 is 0. The Bertz CT molecular complexity index is 920. The van der Waals surface area contributed by atoms with Crippen LogP contribution >= 0.6 is 0 Å². The zero-order chi connectivity index (χ0) is 21.3. The number of hydrogen-bond acceptors (Lipinski definition) is 6. The smallest absolute Gasteiger partial charge is 0.328 e. The molecule has 2 fully saturated rings. The van der Waals surface area contributed by atoms with Crippen LogP contribution in [0.4, 0.5) is 4.79 Å². The Labute approximate surface area is 174 Å². The summed E-state index contributed by atoms with van der Waals surface area (Å²) in [5, 5.41) is 3.71. The monoisotopic (exact) mass is 411 g/mol. The summed E-state index contributed by atoms with van der Waals surface area (Å²) in [6.45, 7) is 5.43. The van der Waals surface area contributed by atoms with Crippen molar-refractivity contribution in [1.29, 1.82) is 0 Å². The maximum Gasteiger partial charge on any atom is 0.328 e. The van der Waals surface area contributed by atoms with Crippen LogP contribution in [-0.2, 0) is 11.3 Å². The average molecular weight is 411 g/mol. The van der Waals surface area contributed by atoms with Crippen LogP contribution in [0.1, 0.15) is 42.9 Å². The van der Waals surface area contributed by atoms with Gasteiger partial charge in [-0.25, -0.2) is 4.79 Å². The fraction of sp³-hybridized carbons (Fsp3) is 0.476. The van der Waals surface area contributed by atoms with Gasteiger partial charge in [0.15, 0.2) is 5.69 Å². The second kappa shape index (κ2) is 7.89. The second-order valence-electron chi connectivity index (χ2n) is 8.21. The maximum absolute atomic E-state index is 13.5. The van der Waals surface area contributed by atoms with E-state index < -0.39 is 5.54 Å². The third-order valence-electron chi connectivity index (χ3n) is 5.75. The molecule has 4 amide bonds. The Morgan fingerprint density at radius 1 is 1.20 bits per heavy atom. The summed E-state index contributed by atoms with van der Waals surface area (Å²) in [6, 6.07) is 6.68. The molecular weight excluding hydrogens is 386 g/mol. The van der Waals surface area contributed by atoms with Gasteiger partial charge in [0.2, 0.25) is 0 Å².